The van der Waals surface area contributed by atoms with Gasteiger partial charge in [-0.05, 0) is 68.0 Å². The molecule has 1 aliphatic rings. The van der Waals surface area contributed by atoms with E-state index in [0.717, 1.165) is 12.0 Å². The number of carbonyl (C=O) groups is 5. The molecule has 1 aromatic rings. The average molecular weight is 535 g/mol. The van der Waals surface area contributed by atoms with Crippen LogP contribution in [0.2, 0.25) is 5.02 Å². The molecule has 0 aliphatic heterocycles. The first-order chi connectivity index (χ1) is 17.6. The molecule has 0 fully saturated rings. The molecule has 1 aromatic carbocycles. The highest BCUT2D eigenvalue weighted by Crippen LogP contribution is 2.19. The maximum absolute atomic E-state index is 12.6. The predicted octanol–water partition coefficient (Wildman–Crippen LogP) is 1.84. The molecule has 0 spiro atoms. The van der Waals surface area contributed by atoms with E-state index in [0.29, 0.717) is 25.8 Å². The van der Waals surface area contributed by atoms with Crippen molar-refractivity contribution in [3.05, 3.63) is 57.8 Å². The first-order valence-corrected chi connectivity index (χ1v) is 12.2. The highest BCUT2D eigenvalue weighted by atomic mass is 35.5. The molecular weight excluding hydrogens is 504 g/mol. The maximum Gasteiger partial charge on any atom is 0.326 e. The van der Waals surface area contributed by atoms with Crippen LogP contribution in [0.15, 0.2) is 41.7 Å². The van der Waals surface area contributed by atoms with E-state index in [9.17, 15) is 34.2 Å². The molecule has 1 aliphatic carbocycles. The van der Waals surface area contributed by atoms with Crippen LogP contribution in [0.1, 0.15) is 59.7 Å². The van der Waals surface area contributed by atoms with Crippen molar-refractivity contribution in [2.75, 3.05) is 19.6 Å². The Morgan fingerprint density at radius 1 is 1.05 bits per heavy atom. The lowest BCUT2D eigenvalue weighted by molar-refractivity contribution is -0.139. The number of carboxylic acids is 1. The van der Waals surface area contributed by atoms with Gasteiger partial charge in [0.15, 0.2) is 0 Å². The maximum atomic E-state index is 12.6. The molecule has 0 saturated heterocycles. The van der Waals surface area contributed by atoms with Crippen LogP contribution >= 0.6 is 11.6 Å². The van der Waals surface area contributed by atoms with Gasteiger partial charge in [-0.25, -0.2) is 4.79 Å². The standard InChI is InChI=1S/C25H31ClN4O7/c1-15(31)28-14-22(33)27-10-3-2-7-21(25(36)37)30-24(35)19-9-8-17(12-20(19)26)23(34)29-13-16-5-4-6-18(32)11-16/h6,8-9,11-12,21,32H,2-5,7,10,13-14H2,1H3,(H,27,33)(H,28,31)(H,29,34)(H,30,35)(H,36,37). The van der Waals surface area contributed by atoms with Crippen molar-refractivity contribution in [1.82, 2.24) is 21.3 Å². The smallest absolute Gasteiger partial charge is 0.326 e. The third-order valence-corrected chi connectivity index (χ3v) is 5.78. The van der Waals surface area contributed by atoms with Gasteiger partial charge < -0.3 is 31.5 Å². The summed E-state index contributed by atoms with van der Waals surface area (Å²) >= 11 is 6.21. The zero-order valence-electron chi connectivity index (χ0n) is 20.4. The number of carboxylic acid groups (broad SMARTS) is 1. The summed E-state index contributed by atoms with van der Waals surface area (Å²) in [7, 11) is 0. The number of allylic oxidation sites excluding steroid dienone is 2. The minimum Gasteiger partial charge on any atom is -0.508 e. The number of nitrogens with one attached hydrogen (secondary N) is 4. The van der Waals surface area contributed by atoms with Crippen LogP contribution < -0.4 is 21.3 Å². The second-order valence-corrected chi connectivity index (χ2v) is 8.87. The molecule has 2 rings (SSSR count). The SMILES string of the molecule is CC(=O)NCC(=O)NCCCCC(NC(=O)c1ccc(C(=O)NCC2=CC(O)=CCC2)cc1Cl)C(=O)O. The van der Waals surface area contributed by atoms with Crippen LogP contribution in [0.3, 0.4) is 0 Å². The zero-order chi connectivity index (χ0) is 27.4. The number of aliphatic carboxylic acids is 1. The van der Waals surface area contributed by atoms with Crippen molar-refractivity contribution in [3.63, 3.8) is 0 Å². The van der Waals surface area contributed by atoms with E-state index in [1.54, 1.807) is 12.2 Å². The third kappa shape index (κ3) is 10.3. The van der Waals surface area contributed by atoms with Crippen molar-refractivity contribution in [1.29, 1.82) is 0 Å². The van der Waals surface area contributed by atoms with Gasteiger partial charge in [0.25, 0.3) is 11.8 Å². The Morgan fingerprint density at radius 2 is 1.81 bits per heavy atom. The van der Waals surface area contributed by atoms with Crippen LogP contribution in [0, 0.1) is 0 Å². The minimum absolute atomic E-state index is 0.00590. The van der Waals surface area contributed by atoms with Gasteiger partial charge in [0.1, 0.15) is 11.8 Å². The fourth-order valence-electron chi connectivity index (χ4n) is 3.48. The lowest BCUT2D eigenvalue weighted by Crippen LogP contribution is -2.41. The predicted molar refractivity (Wildman–Crippen MR) is 136 cm³/mol. The Kier molecular flexibility index (Phi) is 11.6. The van der Waals surface area contributed by atoms with Crippen LogP contribution in [-0.4, -0.2) is 65.5 Å². The van der Waals surface area contributed by atoms with Crippen molar-refractivity contribution in [2.24, 2.45) is 0 Å². The summed E-state index contributed by atoms with van der Waals surface area (Å²) < 4.78 is 0. The normalized spacial score (nSPS) is 13.5. The molecule has 4 amide bonds. The van der Waals surface area contributed by atoms with Gasteiger partial charge in [-0.3, -0.25) is 19.2 Å². The largest absolute Gasteiger partial charge is 0.508 e. The van der Waals surface area contributed by atoms with Gasteiger partial charge in [0.05, 0.1) is 17.1 Å². The topological polar surface area (TPSA) is 174 Å². The van der Waals surface area contributed by atoms with Gasteiger partial charge in [-0.2, -0.15) is 0 Å². The van der Waals surface area contributed by atoms with Crippen LogP contribution in [0.25, 0.3) is 0 Å². The lowest BCUT2D eigenvalue weighted by Gasteiger charge is -2.16. The van der Waals surface area contributed by atoms with E-state index in [4.69, 9.17) is 11.6 Å². The number of amides is 4. The van der Waals surface area contributed by atoms with Crippen molar-refractivity contribution >= 4 is 41.2 Å². The third-order valence-electron chi connectivity index (χ3n) is 5.47. The number of aliphatic hydroxyl groups is 1. The van der Waals surface area contributed by atoms with Gasteiger partial charge in [-0.1, -0.05) is 11.6 Å². The fourth-order valence-corrected chi connectivity index (χ4v) is 3.75. The minimum atomic E-state index is -1.21. The fraction of sp³-hybridized carbons (Fsp3) is 0.400. The van der Waals surface area contributed by atoms with Crippen molar-refractivity contribution < 1.29 is 34.2 Å². The summed E-state index contributed by atoms with van der Waals surface area (Å²) in [6, 6.07) is 2.93. The molecule has 1 unspecified atom stereocenters. The van der Waals surface area contributed by atoms with E-state index < -0.39 is 23.8 Å². The molecule has 1 atom stereocenters. The monoisotopic (exact) mass is 534 g/mol. The summed E-state index contributed by atoms with van der Waals surface area (Å²) in [6.07, 6.45) is 5.73. The number of hydrogen-bond donors (Lipinski definition) is 6. The second-order valence-electron chi connectivity index (χ2n) is 8.47. The van der Waals surface area contributed by atoms with Crippen molar-refractivity contribution in [3.8, 4) is 0 Å². The van der Waals surface area contributed by atoms with Gasteiger partial charge in [-0.15, -0.1) is 0 Å². The van der Waals surface area contributed by atoms with E-state index in [2.05, 4.69) is 21.3 Å². The molecule has 0 saturated carbocycles. The summed E-state index contributed by atoms with van der Waals surface area (Å²) in [5.74, 6) is -2.82. The highest BCUT2D eigenvalue weighted by Gasteiger charge is 2.22. The van der Waals surface area contributed by atoms with Crippen LogP contribution in [0.4, 0.5) is 0 Å². The molecule has 0 aromatic heterocycles. The average Bonchev–Trinajstić information content (AvgIpc) is 2.84. The van der Waals surface area contributed by atoms with Gasteiger partial charge in [0.2, 0.25) is 11.8 Å². The Balaban J connectivity index is 1.84. The van der Waals surface area contributed by atoms with E-state index in [1.807, 2.05) is 0 Å². The number of unbranched alkanes of at least 4 members (excludes halogenated alkanes) is 1. The number of carbonyl (C=O) groups excluding carboxylic acids is 4. The number of hydrogen-bond acceptors (Lipinski definition) is 6. The Labute approximate surface area is 219 Å². The van der Waals surface area contributed by atoms with Crippen LogP contribution in [-0.2, 0) is 14.4 Å². The molecule has 11 nitrogen and oxygen atoms in total. The molecular formula is C25H31ClN4O7. The van der Waals surface area contributed by atoms with E-state index >= 15 is 0 Å². The summed E-state index contributed by atoms with van der Waals surface area (Å²) in [5.41, 5.74) is 1.13. The molecule has 37 heavy (non-hydrogen) atoms. The quantitative estimate of drug-likeness (QED) is 0.209. The Hall–Kier alpha value is -3.86. The first-order valence-electron chi connectivity index (χ1n) is 11.8. The van der Waals surface area contributed by atoms with E-state index in [1.165, 1.54) is 25.1 Å². The second kappa shape index (κ2) is 14.6. The molecule has 6 N–H and O–H groups in total. The molecule has 0 bridgehead atoms. The molecule has 0 radical (unpaired) electrons. The number of halogens is 1. The van der Waals surface area contributed by atoms with E-state index in [-0.39, 0.29) is 53.2 Å². The number of benzene rings is 1. The Bertz CT molecular complexity index is 1100. The van der Waals surface area contributed by atoms with Gasteiger partial charge in [0, 0.05) is 25.6 Å². The number of rotatable bonds is 13. The summed E-state index contributed by atoms with van der Waals surface area (Å²) in [5, 5.41) is 29.2. The lowest BCUT2D eigenvalue weighted by atomic mass is 10.0. The van der Waals surface area contributed by atoms with Crippen LogP contribution in [0.5, 0.6) is 0 Å². The molecule has 12 heteroatoms. The van der Waals surface area contributed by atoms with Crippen molar-refractivity contribution in [2.45, 2.75) is 45.1 Å². The zero-order valence-corrected chi connectivity index (χ0v) is 21.2. The first kappa shape index (κ1) is 29.4. The summed E-state index contributed by atoms with van der Waals surface area (Å²) in [4.78, 5) is 59.0. The molecule has 200 valence electrons. The molecule has 0 heterocycles. The Morgan fingerprint density at radius 3 is 2.46 bits per heavy atom. The summed E-state index contributed by atoms with van der Waals surface area (Å²) in [6.45, 7) is 1.72. The number of aliphatic hydroxyl groups excluding tert-OH is 1. The van der Waals surface area contributed by atoms with Gasteiger partial charge >= 0.3 is 5.97 Å². The highest BCUT2D eigenvalue weighted by molar-refractivity contribution is 6.34.